The molecule has 1 aromatic heterocycles. The maximum atomic E-state index is 12.0. The van der Waals surface area contributed by atoms with E-state index in [2.05, 4.69) is 9.72 Å². The molecule has 18 heavy (non-hydrogen) atoms. The maximum Gasteiger partial charge on any atom is 0.387 e. The van der Waals surface area contributed by atoms with Gasteiger partial charge in [-0.1, -0.05) is 11.6 Å². The summed E-state index contributed by atoms with van der Waals surface area (Å²) in [6.07, 6.45) is 0. The van der Waals surface area contributed by atoms with Crippen LogP contribution in [0.3, 0.4) is 0 Å². The highest BCUT2D eigenvalue weighted by Gasteiger charge is 2.08. The van der Waals surface area contributed by atoms with Crippen LogP contribution >= 0.6 is 11.6 Å². The summed E-state index contributed by atoms with van der Waals surface area (Å²) in [6, 6.07) is 9.56. The van der Waals surface area contributed by atoms with Crippen molar-refractivity contribution in [1.82, 2.24) is 4.98 Å². The van der Waals surface area contributed by atoms with Gasteiger partial charge in [0.1, 0.15) is 17.0 Å². The molecule has 0 aliphatic rings. The van der Waals surface area contributed by atoms with Crippen LogP contribution in [0.4, 0.5) is 8.78 Å². The second-order valence-corrected chi connectivity index (χ2v) is 3.80. The molecule has 0 spiro atoms. The Morgan fingerprint density at radius 1 is 1.28 bits per heavy atom. The van der Waals surface area contributed by atoms with Crippen molar-refractivity contribution in [3.8, 4) is 23.1 Å². The van der Waals surface area contributed by atoms with Crippen molar-refractivity contribution >= 4 is 11.6 Å². The first kappa shape index (κ1) is 12.4. The third kappa shape index (κ3) is 2.60. The third-order valence-electron chi connectivity index (χ3n) is 2.28. The number of aromatic nitrogens is 1. The van der Waals surface area contributed by atoms with Crippen LogP contribution in [0.15, 0.2) is 30.3 Å². The van der Waals surface area contributed by atoms with Crippen molar-refractivity contribution in [3.63, 3.8) is 0 Å². The van der Waals surface area contributed by atoms with Crippen LogP contribution in [-0.2, 0) is 0 Å². The summed E-state index contributed by atoms with van der Waals surface area (Å²) in [5, 5.41) is 9.01. The number of nitrogens with one attached hydrogen (secondary N) is 1. The van der Waals surface area contributed by atoms with Gasteiger partial charge in [0.2, 0.25) is 0 Å². The standard InChI is InChI=1S/C12H7ClF2N2O/c13-11-8(6-16)5-10(17-11)7-1-3-9(4-2-7)18-12(14)15/h1-5,12,17H. The number of hydrogen-bond donors (Lipinski definition) is 1. The van der Waals surface area contributed by atoms with E-state index in [1.54, 1.807) is 18.2 Å². The lowest BCUT2D eigenvalue weighted by atomic mass is 10.1. The first-order valence-electron chi connectivity index (χ1n) is 4.94. The van der Waals surface area contributed by atoms with Gasteiger partial charge in [-0.3, -0.25) is 0 Å². The Bertz CT molecular complexity index is 587. The van der Waals surface area contributed by atoms with E-state index >= 15 is 0 Å². The van der Waals surface area contributed by atoms with Gasteiger partial charge in [0.15, 0.2) is 0 Å². The summed E-state index contributed by atoms with van der Waals surface area (Å²) in [7, 11) is 0. The zero-order chi connectivity index (χ0) is 13.1. The molecule has 0 aliphatic heterocycles. The summed E-state index contributed by atoms with van der Waals surface area (Å²) < 4.78 is 28.2. The molecule has 92 valence electrons. The van der Waals surface area contributed by atoms with Crippen LogP contribution in [-0.4, -0.2) is 11.6 Å². The number of rotatable bonds is 3. The molecule has 2 rings (SSSR count). The predicted molar refractivity (Wildman–Crippen MR) is 62.6 cm³/mol. The molecule has 0 saturated heterocycles. The van der Waals surface area contributed by atoms with E-state index < -0.39 is 6.61 Å². The summed E-state index contributed by atoms with van der Waals surface area (Å²) in [6.45, 7) is -2.85. The van der Waals surface area contributed by atoms with Gasteiger partial charge >= 0.3 is 6.61 Å². The van der Waals surface area contributed by atoms with Crippen molar-refractivity contribution < 1.29 is 13.5 Å². The predicted octanol–water partition coefficient (Wildman–Crippen LogP) is 3.81. The van der Waals surface area contributed by atoms with Crippen molar-refractivity contribution in [1.29, 1.82) is 5.26 Å². The molecule has 0 radical (unpaired) electrons. The van der Waals surface area contributed by atoms with Gasteiger partial charge in [-0.05, 0) is 35.9 Å². The van der Waals surface area contributed by atoms with E-state index in [4.69, 9.17) is 16.9 Å². The lowest BCUT2D eigenvalue weighted by molar-refractivity contribution is -0.0498. The van der Waals surface area contributed by atoms with E-state index in [0.717, 1.165) is 5.56 Å². The number of ether oxygens (including phenoxy) is 1. The van der Waals surface area contributed by atoms with Gasteiger partial charge in [0.25, 0.3) is 0 Å². The molecule has 0 bridgehead atoms. The van der Waals surface area contributed by atoms with Crippen molar-refractivity contribution in [2.45, 2.75) is 6.61 Å². The highest BCUT2D eigenvalue weighted by Crippen LogP contribution is 2.26. The van der Waals surface area contributed by atoms with Crippen LogP contribution in [0.2, 0.25) is 5.15 Å². The second kappa shape index (κ2) is 5.07. The molecule has 0 unspecified atom stereocenters. The first-order chi connectivity index (χ1) is 8.60. The normalized spacial score (nSPS) is 10.4. The lowest BCUT2D eigenvalue weighted by Crippen LogP contribution is -2.01. The topological polar surface area (TPSA) is 48.8 Å². The van der Waals surface area contributed by atoms with Crippen molar-refractivity contribution in [2.24, 2.45) is 0 Å². The number of hydrogen-bond acceptors (Lipinski definition) is 2. The molecular formula is C12H7ClF2N2O. The Morgan fingerprint density at radius 3 is 2.44 bits per heavy atom. The quantitative estimate of drug-likeness (QED) is 0.920. The molecule has 1 aromatic carbocycles. The maximum absolute atomic E-state index is 12.0. The average Bonchev–Trinajstić information content (AvgIpc) is 2.71. The third-order valence-corrected chi connectivity index (χ3v) is 2.58. The zero-order valence-electron chi connectivity index (χ0n) is 8.95. The van der Waals surface area contributed by atoms with E-state index in [9.17, 15) is 8.78 Å². The molecule has 2 aromatic rings. The minimum atomic E-state index is -2.85. The average molecular weight is 269 g/mol. The number of halogens is 3. The van der Waals surface area contributed by atoms with Gasteiger partial charge in [0, 0.05) is 5.69 Å². The van der Waals surface area contributed by atoms with Crippen molar-refractivity contribution in [3.05, 3.63) is 41.0 Å². The molecule has 0 amide bonds. The molecule has 6 heteroatoms. The van der Waals surface area contributed by atoms with Crippen LogP contribution in [0.5, 0.6) is 5.75 Å². The SMILES string of the molecule is N#Cc1cc(-c2ccc(OC(F)F)cc2)[nH]c1Cl. The fourth-order valence-corrected chi connectivity index (χ4v) is 1.68. The fraction of sp³-hybridized carbons (Fsp3) is 0.0833. The summed E-state index contributed by atoms with van der Waals surface area (Å²) in [5.41, 5.74) is 1.69. The molecule has 1 heterocycles. The number of aromatic amines is 1. The molecule has 1 N–H and O–H groups in total. The summed E-state index contributed by atoms with van der Waals surface area (Å²) >= 11 is 5.79. The fourth-order valence-electron chi connectivity index (χ4n) is 1.48. The summed E-state index contributed by atoms with van der Waals surface area (Å²) in [5.74, 6) is 0.0758. The van der Waals surface area contributed by atoms with Crippen LogP contribution < -0.4 is 4.74 Å². The van der Waals surface area contributed by atoms with Gasteiger partial charge in [-0.15, -0.1) is 0 Å². The van der Waals surface area contributed by atoms with Crippen molar-refractivity contribution in [2.75, 3.05) is 0 Å². The minimum Gasteiger partial charge on any atom is -0.435 e. The van der Waals surface area contributed by atoms with E-state index in [-0.39, 0.29) is 10.9 Å². The Kier molecular flexibility index (Phi) is 3.49. The first-order valence-corrected chi connectivity index (χ1v) is 5.32. The van der Waals surface area contributed by atoms with Crippen LogP contribution in [0.1, 0.15) is 5.56 Å². The van der Waals surface area contributed by atoms with E-state index in [0.29, 0.717) is 11.3 Å². The highest BCUT2D eigenvalue weighted by molar-refractivity contribution is 6.30. The second-order valence-electron chi connectivity index (χ2n) is 3.43. The Hall–Kier alpha value is -2.06. The van der Waals surface area contributed by atoms with Crippen LogP contribution in [0.25, 0.3) is 11.3 Å². The monoisotopic (exact) mass is 268 g/mol. The molecule has 0 atom stereocenters. The van der Waals surface area contributed by atoms with E-state index in [1.807, 2.05) is 6.07 Å². The van der Waals surface area contributed by atoms with Gasteiger partial charge in [0.05, 0.1) is 5.56 Å². The molecule has 3 nitrogen and oxygen atoms in total. The number of H-pyrrole nitrogens is 1. The van der Waals surface area contributed by atoms with E-state index in [1.165, 1.54) is 12.1 Å². The Labute approximate surface area is 107 Å². The lowest BCUT2D eigenvalue weighted by Gasteiger charge is -2.04. The van der Waals surface area contributed by atoms with Gasteiger partial charge in [-0.25, -0.2) is 0 Å². The molecule has 0 saturated carbocycles. The smallest absolute Gasteiger partial charge is 0.387 e. The number of alkyl halides is 2. The Balaban J connectivity index is 2.26. The molecular weight excluding hydrogens is 262 g/mol. The number of benzene rings is 1. The van der Waals surface area contributed by atoms with Crippen LogP contribution in [0, 0.1) is 11.3 Å². The summed E-state index contributed by atoms with van der Waals surface area (Å²) in [4.78, 5) is 2.83. The van der Waals surface area contributed by atoms with Gasteiger partial charge < -0.3 is 9.72 Å². The number of nitriles is 1. The Morgan fingerprint density at radius 2 is 1.94 bits per heavy atom. The largest absolute Gasteiger partial charge is 0.435 e. The zero-order valence-corrected chi connectivity index (χ0v) is 9.71. The minimum absolute atomic E-state index is 0.0758. The van der Waals surface area contributed by atoms with Gasteiger partial charge in [-0.2, -0.15) is 14.0 Å². The highest BCUT2D eigenvalue weighted by atomic mass is 35.5. The number of nitrogens with zero attached hydrogens (tertiary/aromatic N) is 1. The molecule has 0 fully saturated rings. The molecule has 0 aliphatic carbocycles.